The fourth-order valence-corrected chi connectivity index (χ4v) is 2.53. The molecule has 7 nitrogen and oxygen atoms in total. The minimum absolute atomic E-state index is 0.0267. The van der Waals surface area contributed by atoms with Gasteiger partial charge in [0, 0.05) is 0 Å². The number of hydrogen-bond acceptors (Lipinski definition) is 7. The van der Waals surface area contributed by atoms with Crippen LogP contribution in [0.3, 0.4) is 0 Å². The maximum Gasteiger partial charge on any atom is 0.161 e. The Labute approximate surface area is 164 Å². The Morgan fingerprint density at radius 1 is 0.893 bits per heavy atom. The van der Waals surface area contributed by atoms with Crippen LogP contribution in [0.2, 0.25) is 0 Å². The summed E-state index contributed by atoms with van der Waals surface area (Å²) in [6, 6.07) is 11.8. The van der Waals surface area contributed by atoms with Crippen molar-refractivity contribution in [2.45, 2.75) is 12.2 Å². The lowest BCUT2D eigenvalue weighted by Crippen LogP contribution is -2.29. The van der Waals surface area contributed by atoms with Crippen LogP contribution in [-0.4, -0.2) is 55.5 Å². The molecule has 0 saturated carbocycles. The molecule has 0 aliphatic carbocycles. The molecule has 28 heavy (non-hydrogen) atoms. The highest BCUT2D eigenvalue weighted by Crippen LogP contribution is 2.32. The van der Waals surface area contributed by atoms with Gasteiger partial charge in [0.05, 0.1) is 27.4 Å². The first-order chi connectivity index (χ1) is 13.6. The van der Waals surface area contributed by atoms with Crippen molar-refractivity contribution in [2.75, 3.05) is 34.0 Å². The van der Waals surface area contributed by atoms with Gasteiger partial charge in [-0.25, -0.2) is 0 Å². The second-order valence-electron chi connectivity index (χ2n) is 5.83. The number of hydrogen-bond donors (Lipinski definition) is 3. The molecule has 2 atom stereocenters. The predicted molar refractivity (Wildman–Crippen MR) is 104 cm³/mol. The molecule has 0 aromatic heterocycles. The molecule has 2 rings (SSSR count). The van der Waals surface area contributed by atoms with E-state index in [0.29, 0.717) is 35.2 Å². The van der Waals surface area contributed by atoms with Crippen LogP contribution in [-0.2, 0) is 0 Å². The number of aliphatic hydroxyl groups is 3. The number of rotatable bonds is 11. The van der Waals surface area contributed by atoms with E-state index in [1.807, 2.05) is 0 Å². The van der Waals surface area contributed by atoms with E-state index in [-0.39, 0.29) is 13.2 Å². The van der Waals surface area contributed by atoms with Crippen molar-refractivity contribution in [3.63, 3.8) is 0 Å². The lowest BCUT2D eigenvalue weighted by atomic mass is 10.0. The van der Waals surface area contributed by atoms with Gasteiger partial charge in [-0.2, -0.15) is 0 Å². The molecule has 2 aromatic rings. The van der Waals surface area contributed by atoms with Crippen LogP contribution in [0.15, 0.2) is 54.6 Å². The molecule has 0 aliphatic rings. The molecule has 7 heteroatoms. The molecule has 0 amide bonds. The van der Waals surface area contributed by atoms with Crippen molar-refractivity contribution in [3.05, 3.63) is 60.2 Å². The molecule has 0 fully saturated rings. The Morgan fingerprint density at radius 2 is 1.57 bits per heavy atom. The molecular weight excluding hydrogens is 364 g/mol. The topological polar surface area (TPSA) is 97.6 Å². The average Bonchev–Trinajstić information content (AvgIpc) is 2.75. The summed E-state index contributed by atoms with van der Waals surface area (Å²) in [6.45, 7) is -0.0567. The van der Waals surface area contributed by atoms with E-state index in [4.69, 9.17) is 24.1 Å². The normalized spacial score (nSPS) is 13.2. The summed E-state index contributed by atoms with van der Waals surface area (Å²) in [5.74, 6) is 2.14. The second-order valence-corrected chi connectivity index (χ2v) is 5.83. The van der Waals surface area contributed by atoms with Crippen LogP contribution in [0.5, 0.6) is 23.0 Å². The first kappa shape index (κ1) is 21.6. The maximum absolute atomic E-state index is 10.6. The molecule has 0 aliphatic heterocycles. The molecule has 0 saturated heterocycles. The van der Waals surface area contributed by atoms with E-state index in [1.165, 1.54) is 14.2 Å². The van der Waals surface area contributed by atoms with Gasteiger partial charge in [0.25, 0.3) is 0 Å². The zero-order valence-electron chi connectivity index (χ0n) is 15.9. The van der Waals surface area contributed by atoms with Gasteiger partial charge in [-0.3, -0.25) is 0 Å². The van der Waals surface area contributed by atoms with Crippen LogP contribution >= 0.6 is 0 Å². The number of ether oxygens (including phenoxy) is 4. The van der Waals surface area contributed by atoms with E-state index < -0.39 is 12.2 Å². The SMILES string of the molecule is COc1ccc(C(O)C(CO)Oc2ccc(OC/C=C/CO)cc2)cc1OC. The minimum atomic E-state index is -1.07. The summed E-state index contributed by atoms with van der Waals surface area (Å²) in [5, 5.41) is 29.0. The largest absolute Gasteiger partial charge is 0.493 e. The van der Waals surface area contributed by atoms with Crippen LogP contribution < -0.4 is 18.9 Å². The van der Waals surface area contributed by atoms with Crippen LogP contribution in [0.1, 0.15) is 11.7 Å². The Morgan fingerprint density at radius 3 is 2.18 bits per heavy atom. The van der Waals surface area contributed by atoms with Crippen molar-refractivity contribution in [3.8, 4) is 23.0 Å². The Bertz CT molecular complexity index is 743. The van der Waals surface area contributed by atoms with Crippen molar-refractivity contribution < 1.29 is 34.3 Å². The first-order valence-electron chi connectivity index (χ1n) is 8.79. The molecule has 0 radical (unpaired) electrons. The average molecular weight is 390 g/mol. The lowest BCUT2D eigenvalue weighted by molar-refractivity contribution is 0.000643. The molecule has 2 unspecified atom stereocenters. The molecule has 152 valence electrons. The first-order valence-corrected chi connectivity index (χ1v) is 8.79. The highest BCUT2D eigenvalue weighted by Gasteiger charge is 2.23. The van der Waals surface area contributed by atoms with E-state index in [1.54, 1.807) is 54.6 Å². The monoisotopic (exact) mass is 390 g/mol. The molecule has 0 spiro atoms. The standard InChI is InChI=1S/C21H26O7/c1-25-18-10-5-15(13-19(18)26-2)21(24)20(14-23)28-17-8-6-16(7-9-17)27-12-4-3-11-22/h3-10,13,20-24H,11-12,14H2,1-2H3/b4-3+. The Balaban J connectivity index is 2.04. The van der Waals surface area contributed by atoms with Crippen molar-refractivity contribution >= 4 is 0 Å². The number of benzene rings is 2. The van der Waals surface area contributed by atoms with E-state index in [0.717, 1.165) is 0 Å². The summed E-state index contributed by atoms with van der Waals surface area (Å²) in [5.41, 5.74) is 0.535. The third kappa shape index (κ3) is 5.88. The molecule has 2 aromatic carbocycles. The van der Waals surface area contributed by atoms with Crippen LogP contribution in [0, 0.1) is 0 Å². The highest BCUT2D eigenvalue weighted by molar-refractivity contribution is 5.43. The highest BCUT2D eigenvalue weighted by atomic mass is 16.5. The van der Waals surface area contributed by atoms with Gasteiger partial charge in [0.2, 0.25) is 0 Å². The molecule has 0 bridgehead atoms. The zero-order chi connectivity index (χ0) is 20.4. The van der Waals surface area contributed by atoms with Gasteiger partial charge < -0.3 is 34.3 Å². The molecule has 0 heterocycles. The zero-order valence-corrected chi connectivity index (χ0v) is 15.9. The van der Waals surface area contributed by atoms with Gasteiger partial charge in [0.15, 0.2) is 17.6 Å². The quantitative estimate of drug-likeness (QED) is 0.506. The Hall–Kier alpha value is -2.74. The fourth-order valence-electron chi connectivity index (χ4n) is 2.53. The third-order valence-electron chi connectivity index (χ3n) is 4.01. The fraction of sp³-hybridized carbons (Fsp3) is 0.333. The van der Waals surface area contributed by atoms with E-state index in [2.05, 4.69) is 0 Å². The number of methoxy groups -OCH3 is 2. The van der Waals surface area contributed by atoms with Gasteiger partial charge in [0.1, 0.15) is 24.2 Å². The van der Waals surface area contributed by atoms with Crippen molar-refractivity contribution in [1.82, 2.24) is 0 Å². The van der Waals surface area contributed by atoms with Crippen LogP contribution in [0.25, 0.3) is 0 Å². The van der Waals surface area contributed by atoms with Gasteiger partial charge in [-0.15, -0.1) is 0 Å². The molecule has 3 N–H and O–H groups in total. The minimum Gasteiger partial charge on any atom is -0.493 e. The third-order valence-corrected chi connectivity index (χ3v) is 4.01. The van der Waals surface area contributed by atoms with E-state index >= 15 is 0 Å². The summed E-state index contributed by atoms with van der Waals surface area (Å²) in [4.78, 5) is 0. The second kappa shape index (κ2) is 11.2. The molecular formula is C21H26O7. The maximum atomic E-state index is 10.6. The van der Waals surface area contributed by atoms with Gasteiger partial charge in [-0.05, 0) is 48.0 Å². The smallest absolute Gasteiger partial charge is 0.161 e. The number of aliphatic hydroxyl groups excluding tert-OH is 3. The summed E-state index contributed by atoms with van der Waals surface area (Å²) in [6.07, 6.45) is 1.38. The summed E-state index contributed by atoms with van der Waals surface area (Å²) >= 11 is 0. The lowest BCUT2D eigenvalue weighted by Gasteiger charge is -2.23. The van der Waals surface area contributed by atoms with Gasteiger partial charge >= 0.3 is 0 Å². The van der Waals surface area contributed by atoms with Gasteiger partial charge in [-0.1, -0.05) is 12.1 Å². The van der Waals surface area contributed by atoms with E-state index in [9.17, 15) is 10.2 Å². The van der Waals surface area contributed by atoms with Crippen LogP contribution in [0.4, 0.5) is 0 Å². The van der Waals surface area contributed by atoms with Crippen molar-refractivity contribution in [1.29, 1.82) is 0 Å². The Kier molecular flexibility index (Phi) is 8.61. The summed E-state index contributed by atoms with van der Waals surface area (Å²) in [7, 11) is 3.04. The van der Waals surface area contributed by atoms with Crippen molar-refractivity contribution in [2.24, 2.45) is 0 Å². The predicted octanol–water partition coefficient (Wildman–Crippen LogP) is 2.10. The summed E-state index contributed by atoms with van der Waals surface area (Å²) < 4.78 is 21.7.